The third-order valence-corrected chi connectivity index (χ3v) is 2.55. The second kappa shape index (κ2) is 5.27. The lowest BCUT2D eigenvalue weighted by molar-refractivity contribution is 0.0697. The van der Waals surface area contributed by atoms with Gasteiger partial charge in [0.25, 0.3) is 0 Å². The minimum Gasteiger partial charge on any atom is -0.478 e. The Kier molecular flexibility index (Phi) is 3.53. The molecule has 2 aromatic rings. The summed E-state index contributed by atoms with van der Waals surface area (Å²) in [5.41, 5.74) is 2.80. The zero-order valence-electron chi connectivity index (χ0n) is 10.00. The maximum Gasteiger partial charge on any atom is 0.336 e. The Labute approximate surface area is 105 Å². The number of carbonyl (C=O) groups is 1. The molecule has 0 radical (unpaired) electrons. The summed E-state index contributed by atoms with van der Waals surface area (Å²) in [6.07, 6.45) is 1.58. The number of benzene rings is 2. The quantitative estimate of drug-likeness (QED) is 0.834. The molecule has 0 aliphatic carbocycles. The average molecular weight is 239 g/mol. The zero-order valence-corrected chi connectivity index (χ0v) is 10.00. The van der Waals surface area contributed by atoms with Crippen molar-refractivity contribution in [1.29, 1.82) is 0 Å². The monoisotopic (exact) mass is 239 g/mol. The summed E-state index contributed by atoms with van der Waals surface area (Å²) in [4.78, 5) is 15.3. The molecule has 3 heteroatoms. The van der Waals surface area contributed by atoms with E-state index in [1.165, 1.54) is 0 Å². The predicted molar refractivity (Wildman–Crippen MR) is 71.8 cm³/mol. The molecular formula is C15H13NO2. The number of carboxylic acids is 1. The van der Waals surface area contributed by atoms with E-state index in [0.29, 0.717) is 5.56 Å². The fraction of sp³-hybridized carbons (Fsp3) is 0.0667. The molecule has 0 aromatic heterocycles. The summed E-state index contributed by atoms with van der Waals surface area (Å²) in [5.74, 6) is -0.943. The van der Waals surface area contributed by atoms with E-state index in [9.17, 15) is 4.79 Å². The molecular weight excluding hydrogens is 226 g/mol. The Morgan fingerprint density at radius 3 is 2.67 bits per heavy atom. The molecule has 3 nitrogen and oxygen atoms in total. The van der Waals surface area contributed by atoms with Crippen LogP contribution in [0, 0.1) is 6.92 Å². The Balaban J connectivity index is 2.32. The van der Waals surface area contributed by atoms with E-state index in [4.69, 9.17) is 5.11 Å². The van der Waals surface area contributed by atoms with Crippen LogP contribution in [-0.2, 0) is 0 Å². The van der Waals surface area contributed by atoms with Gasteiger partial charge in [-0.1, -0.05) is 30.3 Å². The van der Waals surface area contributed by atoms with Crippen LogP contribution in [0.3, 0.4) is 0 Å². The number of nitrogens with zero attached hydrogens (tertiary/aromatic N) is 1. The molecule has 0 bridgehead atoms. The van der Waals surface area contributed by atoms with Crippen LogP contribution in [0.15, 0.2) is 53.5 Å². The first-order valence-electron chi connectivity index (χ1n) is 5.60. The van der Waals surface area contributed by atoms with Gasteiger partial charge in [-0.3, -0.25) is 4.99 Å². The lowest BCUT2D eigenvalue weighted by Crippen LogP contribution is -2.00. The molecule has 1 N–H and O–H groups in total. The molecule has 2 aromatic carbocycles. The highest BCUT2D eigenvalue weighted by molar-refractivity contribution is 5.98. The van der Waals surface area contributed by atoms with Gasteiger partial charge in [-0.25, -0.2) is 4.79 Å². The van der Waals surface area contributed by atoms with Gasteiger partial charge in [-0.2, -0.15) is 0 Å². The number of aromatic carboxylic acids is 1. The van der Waals surface area contributed by atoms with Crippen LogP contribution >= 0.6 is 0 Å². The molecule has 90 valence electrons. The van der Waals surface area contributed by atoms with Crippen molar-refractivity contribution in [3.63, 3.8) is 0 Å². The van der Waals surface area contributed by atoms with Crippen molar-refractivity contribution < 1.29 is 9.90 Å². The molecule has 0 aliphatic heterocycles. The molecule has 0 amide bonds. The first kappa shape index (κ1) is 12.0. The third-order valence-electron chi connectivity index (χ3n) is 2.55. The van der Waals surface area contributed by atoms with E-state index >= 15 is 0 Å². The molecule has 0 saturated heterocycles. The average Bonchev–Trinajstić information content (AvgIpc) is 2.37. The fourth-order valence-electron chi connectivity index (χ4n) is 1.66. The van der Waals surface area contributed by atoms with E-state index in [1.807, 2.05) is 31.2 Å². The van der Waals surface area contributed by atoms with Gasteiger partial charge in [0, 0.05) is 11.8 Å². The number of aliphatic imine (C=N–C) groups is 1. The van der Waals surface area contributed by atoms with E-state index in [-0.39, 0.29) is 5.56 Å². The highest BCUT2D eigenvalue weighted by Crippen LogP contribution is 2.14. The number of aryl methyl sites for hydroxylation is 1. The summed E-state index contributed by atoms with van der Waals surface area (Å²) in [6, 6.07) is 14.5. The number of hydrogen-bond acceptors (Lipinski definition) is 2. The highest BCUT2D eigenvalue weighted by Gasteiger charge is 2.06. The standard InChI is InChI=1S/C15H13NO2/c1-11-5-4-7-13(9-11)16-10-12-6-2-3-8-14(12)15(17)18/h2-10H,1H3,(H,17,18). The first-order valence-corrected chi connectivity index (χ1v) is 5.60. The van der Waals surface area contributed by atoms with Crippen LogP contribution < -0.4 is 0 Å². The van der Waals surface area contributed by atoms with Crippen molar-refractivity contribution in [3.05, 3.63) is 65.2 Å². The summed E-state index contributed by atoms with van der Waals surface area (Å²) < 4.78 is 0. The van der Waals surface area contributed by atoms with Crippen molar-refractivity contribution in [3.8, 4) is 0 Å². The Bertz CT molecular complexity index is 603. The maximum absolute atomic E-state index is 11.0. The van der Waals surface area contributed by atoms with Gasteiger partial charge in [-0.05, 0) is 30.7 Å². The Morgan fingerprint density at radius 2 is 1.94 bits per heavy atom. The molecule has 0 fully saturated rings. The summed E-state index contributed by atoms with van der Waals surface area (Å²) >= 11 is 0. The van der Waals surface area contributed by atoms with Crippen LogP contribution in [-0.4, -0.2) is 17.3 Å². The van der Waals surface area contributed by atoms with Crippen LogP contribution in [0.1, 0.15) is 21.5 Å². The topological polar surface area (TPSA) is 49.7 Å². The lowest BCUT2D eigenvalue weighted by atomic mass is 10.1. The summed E-state index contributed by atoms with van der Waals surface area (Å²) in [7, 11) is 0. The van der Waals surface area contributed by atoms with Gasteiger partial charge in [0.05, 0.1) is 11.3 Å². The van der Waals surface area contributed by atoms with Gasteiger partial charge in [0.15, 0.2) is 0 Å². The van der Waals surface area contributed by atoms with Crippen molar-refractivity contribution in [2.45, 2.75) is 6.92 Å². The van der Waals surface area contributed by atoms with Gasteiger partial charge in [0.1, 0.15) is 0 Å². The van der Waals surface area contributed by atoms with Gasteiger partial charge in [-0.15, -0.1) is 0 Å². The summed E-state index contributed by atoms with van der Waals surface area (Å²) in [6.45, 7) is 1.99. The maximum atomic E-state index is 11.0. The second-order valence-electron chi connectivity index (χ2n) is 3.99. The molecule has 0 saturated carbocycles. The molecule has 0 atom stereocenters. The molecule has 0 heterocycles. The molecule has 0 unspecified atom stereocenters. The van der Waals surface area contributed by atoms with Crippen LogP contribution in [0.2, 0.25) is 0 Å². The van der Waals surface area contributed by atoms with Gasteiger partial charge in [0.2, 0.25) is 0 Å². The minimum atomic E-state index is -0.943. The molecule has 0 aliphatic rings. The highest BCUT2D eigenvalue weighted by atomic mass is 16.4. The van der Waals surface area contributed by atoms with E-state index < -0.39 is 5.97 Å². The molecule has 2 rings (SSSR count). The number of rotatable bonds is 3. The van der Waals surface area contributed by atoms with E-state index in [1.54, 1.807) is 30.5 Å². The second-order valence-corrected chi connectivity index (χ2v) is 3.99. The minimum absolute atomic E-state index is 0.258. The smallest absolute Gasteiger partial charge is 0.336 e. The fourth-order valence-corrected chi connectivity index (χ4v) is 1.66. The molecule has 0 spiro atoms. The van der Waals surface area contributed by atoms with Crippen molar-refractivity contribution in [2.24, 2.45) is 4.99 Å². The van der Waals surface area contributed by atoms with Crippen LogP contribution in [0.4, 0.5) is 5.69 Å². The number of hydrogen-bond donors (Lipinski definition) is 1. The third kappa shape index (κ3) is 2.83. The number of carboxylic acid groups (broad SMARTS) is 1. The van der Waals surface area contributed by atoms with E-state index in [2.05, 4.69) is 4.99 Å². The van der Waals surface area contributed by atoms with E-state index in [0.717, 1.165) is 11.3 Å². The van der Waals surface area contributed by atoms with Crippen LogP contribution in [0.25, 0.3) is 0 Å². The van der Waals surface area contributed by atoms with Gasteiger partial charge < -0.3 is 5.11 Å². The Morgan fingerprint density at radius 1 is 1.17 bits per heavy atom. The zero-order chi connectivity index (χ0) is 13.0. The Hall–Kier alpha value is -2.42. The summed E-state index contributed by atoms with van der Waals surface area (Å²) in [5, 5.41) is 9.05. The van der Waals surface area contributed by atoms with Crippen molar-refractivity contribution >= 4 is 17.9 Å². The molecule has 18 heavy (non-hydrogen) atoms. The lowest BCUT2D eigenvalue weighted by Gasteiger charge is -2.00. The van der Waals surface area contributed by atoms with Gasteiger partial charge >= 0.3 is 5.97 Å². The SMILES string of the molecule is Cc1cccc(N=Cc2ccccc2C(=O)O)c1. The first-order chi connectivity index (χ1) is 8.66. The van der Waals surface area contributed by atoms with Crippen molar-refractivity contribution in [2.75, 3.05) is 0 Å². The largest absolute Gasteiger partial charge is 0.478 e. The normalized spacial score (nSPS) is 10.7. The van der Waals surface area contributed by atoms with Crippen molar-refractivity contribution in [1.82, 2.24) is 0 Å². The predicted octanol–water partition coefficient (Wildman–Crippen LogP) is 3.44. The van der Waals surface area contributed by atoms with Crippen LogP contribution in [0.5, 0.6) is 0 Å².